The van der Waals surface area contributed by atoms with Gasteiger partial charge in [0.1, 0.15) is 0 Å². The molecule has 0 aliphatic carbocycles. The molecule has 0 spiro atoms. The summed E-state index contributed by atoms with van der Waals surface area (Å²) in [4.78, 5) is 15.7. The van der Waals surface area contributed by atoms with E-state index in [1.165, 1.54) is 12.5 Å². The summed E-state index contributed by atoms with van der Waals surface area (Å²) in [5.41, 5.74) is 7.08. The molecular formula is C15H14N4O3S. The lowest BCUT2D eigenvalue weighted by Crippen LogP contribution is -2.11. The van der Waals surface area contributed by atoms with Gasteiger partial charge in [0.15, 0.2) is 15.5 Å². The van der Waals surface area contributed by atoms with Crippen molar-refractivity contribution in [3.05, 3.63) is 53.9 Å². The highest BCUT2D eigenvalue weighted by Gasteiger charge is 2.10. The summed E-state index contributed by atoms with van der Waals surface area (Å²) in [7, 11) is -3.21. The maximum atomic E-state index is 11.5. The van der Waals surface area contributed by atoms with Crippen LogP contribution in [0.4, 0.5) is 0 Å². The van der Waals surface area contributed by atoms with E-state index >= 15 is 0 Å². The van der Waals surface area contributed by atoms with Crippen molar-refractivity contribution in [2.75, 3.05) is 6.26 Å². The maximum Gasteiger partial charge on any atom is 0.250 e. The fraction of sp³-hybridized carbons (Fsp3) is 0.133. The number of primary amides is 1. The minimum Gasteiger partial charge on any atom is -0.366 e. The average Bonchev–Trinajstić information content (AvgIpc) is 2.89. The number of sulfone groups is 1. The molecular weight excluding hydrogens is 316 g/mol. The van der Waals surface area contributed by atoms with Crippen LogP contribution in [0.15, 0.2) is 47.6 Å². The number of carbonyl (C=O) groups excluding carboxylic acids is 1. The van der Waals surface area contributed by atoms with E-state index in [1.807, 2.05) is 0 Å². The summed E-state index contributed by atoms with van der Waals surface area (Å²) in [5, 5.41) is 4.96. The van der Waals surface area contributed by atoms with Crippen LogP contribution in [0.5, 0.6) is 0 Å². The molecule has 0 atom stereocenters. The number of fused-ring (bicyclic) bond motifs is 1. The van der Waals surface area contributed by atoms with Gasteiger partial charge in [-0.15, -0.1) is 0 Å². The van der Waals surface area contributed by atoms with Crippen molar-refractivity contribution in [2.45, 2.75) is 11.4 Å². The van der Waals surface area contributed by atoms with Crippen molar-refractivity contribution in [1.82, 2.24) is 14.8 Å². The van der Waals surface area contributed by atoms with Crippen LogP contribution in [-0.2, 0) is 16.4 Å². The van der Waals surface area contributed by atoms with Gasteiger partial charge < -0.3 is 5.73 Å². The number of nitrogens with zero attached hydrogens (tertiary/aromatic N) is 3. The Balaban J connectivity index is 1.91. The number of carbonyl (C=O) groups is 1. The molecule has 0 saturated heterocycles. The van der Waals surface area contributed by atoms with Crippen molar-refractivity contribution in [3.63, 3.8) is 0 Å². The first-order chi connectivity index (χ1) is 10.8. The first-order valence-corrected chi connectivity index (χ1v) is 8.64. The number of amides is 1. The molecule has 1 amide bonds. The summed E-state index contributed by atoms with van der Waals surface area (Å²) in [6.45, 7) is 0.441. The molecule has 0 bridgehead atoms. The topological polar surface area (TPSA) is 108 Å². The van der Waals surface area contributed by atoms with Crippen molar-refractivity contribution in [2.24, 2.45) is 5.73 Å². The SMILES string of the molecule is CS(=O)(=O)c1ccc(Cn2ncc3cc(C(N)=O)cnc32)cc1. The van der Waals surface area contributed by atoms with Crippen LogP contribution in [0, 0.1) is 0 Å². The normalized spacial score (nSPS) is 11.7. The van der Waals surface area contributed by atoms with Gasteiger partial charge in [-0.05, 0) is 23.8 Å². The summed E-state index contributed by atoms with van der Waals surface area (Å²) >= 11 is 0. The number of benzene rings is 1. The predicted octanol–water partition coefficient (Wildman–Crippen LogP) is 0.982. The highest BCUT2D eigenvalue weighted by Crippen LogP contribution is 2.16. The van der Waals surface area contributed by atoms with Crippen molar-refractivity contribution in [3.8, 4) is 0 Å². The molecule has 0 aliphatic rings. The van der Waals surface area contributed by atoms with Gasteiger partial charge in [-0.25, -0.2) is 18.1 Å². The Bertz CT molecular complexity index is 991. The Morgan fingerprint density at radius 1 is 1.22 bits per heavy atom. The fourth-order valence-corrected chi connectivity index (χ4v) is 2.87. The predicted molar refractivity (Wildman–Crippen MR) is 84.7 cm³/mol. The van der Waals surface area contributed by atoms with Crippen LogP contribution in [-0.4, -0.2) is 35.3 Å². The van der Waals surface area contributed by atoms with Crippen LogP contribution in [0.2, 0.25) is 0 Å². The number of rotatable bonds is 4. The van der Waals surface area contributed by atoms with Gasteiger partial charge in [0.25, 0.3) is 0 Å². The van der Waals surface area contributed by atoms with E-state index in [2.05, 4.69) is 10.1 Å². The molecule has 3 aromatic rings. The van der Waals surface area contributed by atoms with Gasteiger partial charge in [0.05, 0.1) is 23.2 Å². The molecule has 0 saturated carbocycles. The van der Waals surface area contributed by atoms with E-state index in [4.69, 9.17) is 5.73 Å². The van der Waals surface area contributed by atoms with E-state index < -0.39 is 15.7 Å². The third-order valence-corrected chi connectivity index (χ3v) is 4.57. The number of nitrogens with two attached hydrogens (primary N) is 1. The molecule has 118 valence electrons. The molecule has 0 radical (unpaired) electrons. The molecule has 1 aromatic carbocycles. The molecule has 2 heterocycles. The molecule has 7 nitrogen and oxygen atoms in total. The Morgan fingerprint density at radius 3 is 2.52 bits per heavy atom. The monoisotopic (exact) mass is 330 g/mol. The smallest absolute Gasteiger partial charge is 0.250 e. The van der Waals surface area contributed by atoms with Gasteiger partial charge in [0.2, 0.25) is 5.91 Å². The summed E-state index contributed by atoms with van der Waals surface area (Å²) in [6, 6.07) is 8.24. The largest absolute Gasteiger partial charge is 0.366 e. The minimum absolute atomic E-state index is 0.274. The average molecular weight is 330 g/mol. The van der Waals surface area contributed by atoms with Gasteiger partial charge in [-0.1, -0.05) is 12.1 Å². The summed E-state index contributed by atoms with van der Waals surface area (Å²) < 4.78 is 24.6. The second-order valence-corrected chi connectivity index (χ2v) is 7.24. The second-order valence-electron chi connectivity index (χ2n) is 5.22. The zero-order valence-corrected chi connectivity index (χ0v) is 13.1. The first-order valence-electron chi connectivity index (χ1n) is 6.75. The number of aromatic nitrogens is 3. The highest BCUT2D eigenvalue weighted by molar-refractivity contribution is 7.90. The lowest BCUT2D eigenvalue weighted by atomic mass is 10.2. The van der Waals surface area contributed by atoms with Crippen molar-refractivity contribution in [1.29, 1.82) is 0 Å². The van der Waals surface area contributed by atoms with E-state index in [0.717, 1.165) is 5.56 Å². The summed E-state index contributed by atoms with van der Waals surface area (Å²) in [5.74, 6) is -0.538. The molecule has 23 heavy (non-hydrogen) atoms. The Morgan fingerprint density at radius 2 is 1.91 bits per heavy atom. The Labute approximate surface area is 132 Å². The van der Waals surface area contributed by atoms with Gasteiger partial charge >= 0.3 is 0 Å². The molecule has 0 unspecified atom stereocenters. The van der Waals surface area contributed by atoms with Crippen molar-refractivity contribution >= 4 is 26.8 Å². The minimum atomic E-state index is -3.21. The van der Waals surface area contributed by atoms with Gasteiger partial charge in [-0.3, -0.25) is 4.79 Å². The molecule has 3 rings (SSSR count). The molecule has 2 aromatic heterocycles. The third kappa shape index (κ3) is 3.07. The fourth-order valence-electron chi connectivity index (χ4n) is 2.24. The lowest BCUT2D eigenvalue weighted by Gasteiger charge is -2.05. The van der Waals surface area contributed by atoms with Crippen LogP contribution in [0.25, 0.3) is 11.0 Å². The Hall–Kier alpha value is -2.74. The standard InChI is InChI=1S/C15H14N4O3S/c1-23(21,22)13-4-2-10(3-5-13)9-19-15-12(8-18-19)6-11(7-17-15)14(16)20/h2-8H,9H2,1H3,(H2,16,20). The quantitative estimate of drug-likeness (QED) is 0.767. The van der Waals surface area contributed by atoms with Crippen LogP contribution < -0.4 is 5.73 Å². The molecule has 2 N–H and O–H groups in total. The zero-order valence-electron chi connectivity index (χ0n) is 12.3. The molecule has 8 heteroatoms. The van der Waals surface area contributed by atoms with E-state index in [1.54, 1.807) is 41.2 Å². The highest BCUT2D eigenvalue weighted by atomic mass is 32.2. The van der Waals surface area contributed by atoms with Crippen LogP contribution >= 0.6 is 0 Å². The summed E-state index contributed by atoms with van der Waals surface area (Å²) in [6.07, 6.45) is 4.19. The van der Waals surface area contributed by atoms with E-state index in [-0.39, 0.29) is 4.90 Å². The molecule has 0 fully saturated rings. The molecule has 0 aliphatic heterocycles. The zero-order chi connectivity index (χ0) is 16.6. The van der Waals surface area contributed by atoms with Crippen LogP contribution in [0.3, 0.4) is 0 Å². The van der Waals surface area contributed by atoms with E-state index in [0.29, 0.717) is 23.1 Å². The van der Waals surface area contributed by atoms with Gasteiger partial charge in [0, 0.05) is 17.8 Å². The number of hydrogen-bond donors (Lipinski definition) is 1. The Kier molecular flexibility index (Phi) is 3.61. The second kappa shape index (κ2) is 5.47. The number of hydrogen-bond acceptors (Lipinski definition) is 5. The first kappa shape index (κ1) is 15.2. The van der Waals surface area contributed by atoms with E-state index in [9.17, 15) is 13.2 Å². The van der Waals surface area contributed by atoms with Crippen molar-refractivity contribution < 1.29 is 13.2 Å². The lowest BCUT2D eigenvalue weighted by molar-refractivity contribution is 0.1000. The number of pyridine rings is 1. The third-order valence-electron chi connectivity index (χ3n) is 3.44. The maximum absolute atomic E-state index is 11.5. The van der Waals surface area contributed by atoms with Crippen LogP contribution in [0.1, 0.15) is 15.9 Å². The van der Waals surface area contributed by atoms with Gasteiger partial charge in [-0.2, -0.15) is 5.10 Å².